The molecule has 0 aliphatic carbocycles. The van der Waals surface area contributed by atoms with E-state index in [-0.39, 0.29) is 17.2 Å². The molecule has 148 valence electrons. The van der Waals surface area contributed by atoms with Crippen molar-refractivity contribution >= 4 is 35.3 Å². The predicted octanol–water partition coefficient (Wildman–Crippen LogP) is 3.80. The second kappa shape index (κ2) is 8.65. The molecule has 0 spiro atoms. The molecule has 2 aromatic carbocycles. The van der Waals surface area contributed by atoms with Crippen LogP contribution in [0.2, 0.25) is 0 Å². The van der Waals surface area contributed by atoms with Gasteiger partial charge in [0.1, 0.15) is 6.29 Å². The molecule has 0 fully saturated rings. The number of aromatic nitrogens is 3. The Kier molecular flexibility index (Phi) is 6.03. The standard InChI is InChI=1S/C19H17N5O4S/c1-3-23-18(14-5-7-15(8-6-14)20-12(2)26)21-22-19(23)29-17-9-4-13(11-25)10-16(17)24(27)28/h4-11H,3H2,1-2H3,(H,20,26). The molecule has 0 saturated heterocycles. The van der Waals surface area contributed by atoms with E-state index in [1.807, 2.05) is 23.6 Å². The second-order valence-corrected chi connectivity index (χ2v) is 7.02. The SMILES string of the molecule is CCn1c(Sc2ccc(C=O)cc2[N+](=O)[O-])nnc1-c1ccc(NC(C)=O)cc1. The number of aldehydes is 1. The zero-order valence-corrected chi connectivity index (χ0v) is 16.5. The summed E-state index contributed by atoms with van der Waals surface area (Å²) in [5, 5.41) is 23.0. The van der Waals surface area contributed by atoms with Gasteiger partial charge in [0.2, 0.25) is 5.91 Å². The highest BCUT2D eigenvalue weighted by Gasteiger charge is 2.20. The number of benzene rings is 2. The number of nitrogens with one attached hydrogen (secondary N) is 1. The van der Waals surface area contributed by atoms with Gasteiger partial charge in [-0.15, -0.1) is 10.2 Å². The molecule has 29 heavy (non-hydrogen) atoms. The highest BCUT2D eigenvalue weighted by molar-refractivity contribution is 7.99. The Morgan fingerprint density at radius 1 is 1.24 bits per heavy atom. The van der Waals surface area contributed by atoms with Gasteiger partial charge in [-0.2, -0.15) is 0 Å². The lowest BCUT2D eigenvalue weighted by Crippen LogP contribution is -2.05. The molecule has 3 rings (SSSR count). The Bertz CT molecular complexity index is 1080. The third-order valence-electron chi connectivity index (χ3n) is 4.01. The fourth-order valence-electron chi connectivity index (χ4n) is 2.70. The highest BCUT2D eigenvalue weighted by atomic mass is 32.2. The first-order valence-corrected chi connectivity index (χ1v) is 9.47. The summed E-state index contributed by atoms with van der Waals surface area (Å²) in [7, 11) is 0. The first-order chi connectivity index (χ1) is 13.9. The normalized spacial score (nSPS) is 10.6. The molecule has 0 bridgehead atoms. The molecule has 0 aliphatic rings. The van der Waals surface area contributed by atoms with Gasteiger partial charge in [0.15, 0.2) is 11.0 Å². The highest BCUT2D eigenvalue weighted by Crippen LogP contribution is 2.35. The van der Waals surface area contributed by atoms with E-state index in [0.29, 0.717) is 34.4 Å². The zero-order chi connectivity index (χ0) is 21.0. The van der Waals surface area contributed by atoms with Crippen LogP contribution >= 0.6 is 11.8 Å². The van der Waals surface area contributed by atoms with Crippen molar-refractivity contribution in [2.45, 2.75) is 30.4 Å². The molecule has 9 nitrogen and oxygen atoms in total. The number of hydrogen-bond donors (Lipinski definition) is 1. The van der Waals surface area contributed by atoms with Crippen LogP contribution < -0.4 is 5.32 Å². The monoisotopic (exact) mass is 411 g/mol. The molecule has 0 radical (unpaired) electrons. The van der Waals surface area contributed by atoms with E-state index in [1.165, 1.54) is 25.1 Å². The topological polar surface area (TPSA) is 120 Å². The van der Waals surface area contributed by atoms with Gasteiger partial charge in [0.25, 0.3) is 5.69 Å². The van der Waals surface area contributed by atoms with Crippen molar-refractivity contribution in [1.82, 2.24) is 14.8 Å². The van der Waals surface area contributed by atoms with Crippen LogP contribution in [0, 0.1) is 10.1 Å². The number of carbonyl (C=O) groups excluding carboxylic acids is 2. The van der Waals surface area contributed by atoms with Gasteiger partial charge in [-0.05, 0) is 49.0 Å². The quantitative estimate of drug-likeness (QED) is 0.357. The first kappa shape index (κ1) is 20.2. The van der Waals surface area contributed by atoms with E-state index < -0.39 is 4.92 Å². The second-order valence-electron chi connectivity index (χ2n) is 6.01. The molecule has 10 heteroatoms. The van der Waals surface area contributed by atoms with Crippen LogP contribution in [0.15, 0.2) is 52.5 Å². The Morgan fingerprint density at radius 2 is 1.97 bits per heavy atom. The predicted molar refractivity (Wildman–Crippen MR) is 108 cm³/mol. The summed E-state index contributed by atoms with van der Waals surface area (Å²) in [4.78, 5) is 33.3. The van der Waals surface area contributed by atoms with E-state index in [9.17, 15) is 19.7 Å². The maximum atomic E-state index is 11.4. The van der Waals surface area contributed by atoms with Gasteiger partial charge < -0.3 is 9.88 Å². The van der Waals surface area contributed by atoms with E-state index in [1.54, 1.807) is 12.1 Å². The number of hydrogen-bond acceptors (Lipinski definition) is 7. The van der Waals surface area contributed by atoms with Crippen molar-refractivity contribution in [3.8, 4) is 11.4 Å². The molecule has 0 unspecified atom stereocenters. The zero-order valence-electron chi connectivity index (χ0n) is 15.7. The van der Waals surface area contributed by atoms with Crippen LogP contribution in [0.4, 0.5) is 11.4 Å². The van der Waals surface area contributed by atoms with Crippen LogP contribution in [0.1, 0.15) is 24.2 Å². The molecular weight excluding hydrogens is 394 g/mol. The number of nitro groups is 1. The minimum Gasteiger partial charge on any atom is -0.326 e. The van der Waals surface area contributed by atoms with Gasteiger partial charge in [0.05, 0.1) is 9.82 Å². The van der Waals surface area contributed by atoms with Crippen LogP contribution in [-0.4, -0.2) is 31.9 Å². The van der Waals surface area contributed by atoms with Crippen LogP contribution in [0.5, 0.6) is 0 Å². The van der Waals surface area contributed by atoms with E-state index in [2.05, 4.69) is 15.5 Å². The lowest BCUT2D eigenvalue weighted by atomic mass is 10.2. The summed E-state index contributed by atoms with van der Waals surface area (Å²) in [5.74, 6) is 0.451. The average molecular weight is 411 g/mol. The van der Waals surface area contributed by atoms with E-state index >= 15 is 0 Å². The summed E-state index contributed by atoms with van der Waals surface area (Å²) in [5.41, 5.74) is 1.54. The summed E-state index contributed by atoms with van der Waals surface area (Å²) in [6.45, 7) is 3.91. The van der Waals surface area contributed by atoms with Crippen LogP contribution in [0.25, 0.3) is 11.4 Å². The third kappa shape index (κ3) is 4.49. The number of nitro benzene ring substituents is 1. The molecule has 1 amide bonds. The maximum Gasteiger partial charge on any atom is 0.284 e. The van der Waals surface area contributed by atoms with Crippen LogP contribution in [0.3, 0.4) is 0 Å². The number of rotatable bonds is 7. The van der Waals surface area contributed by atoms with E-state index in [0.717, 1.165) is 17.3 Å². The number of anilines is 1. The minimum atomic E-state index is -0.524. The van der Waals surface area contributed by atoms with E-state index in [4.69, 9.17) is 0 Å². The van der Waals surface area contributed by atoms with Crippen molar-refractivity contribution in [2.75, 3.05) is 5.32 Å². The van der Waals surface area contributed by atoms with Gasteiger partial charge in [-0.25, -0.2) is 0 Å². The molecule has 3 aromatic rings. The Balaban J connectivity index is 1.94. The summed E-state index contributed by atoms with van der Waals surface area (Å²) < 4.78 is 1.84. The largest absolute Gasteiger partial charge is 0.326 e. The Labute approximate surface area is 170 Å². The van der Waals surface area contributed by atoms with Crippen molar-refractivity contribution < 1.29 is 14.5 Å². The molecule has 1 aromatic heterocycles. The molecular formula is C19H17N5O4S. The summed E-state index contributed by atoms with van der Waals surface area (Å²) in [6.07, 6.45) is 0.568. The van der Waals surface area contributed by atoms with Crippen molar-refractivity contribution in [3.05, 3.63) is 58.1 Å². The molecule has 0 saturated carbocycles. The molecule has 0 atom stereocenters. The van der Waals surface area contributed by atoms with Gasteiger partial charge in [0, 0.05) is 36.3 Å². The molecule has 1 heterocycles. The maximum absolute atomic E-state index is 11.4. The first-order valence-electron chi connectivity index (χ1n) is 8.65. The minimum absolute atomic E-state index is 0.157. The molecule has 1 N–H and O–H groups in total. The van der Waals surface area contributed by atoms with Gasteiger partial charge >= 0.3 is 0 Å². The average Bonchev–Trinajstić information content (AvgIpc) is 3.10. The van der Waals surface area contributed by atoms with Gasteiger partial charge in [-0.3, -0.25) is 19.7 Å². The Hall–Kier alpha value is -3.53. The van der Waals surface area contributed by atoms with Crippen LogP contribution in [-0.2, 0) is 11.3 Å². The van der Waals surface area contributed by atoms with Crippen molar-refractivity contribution in [2.24, 2.45) is 0 Å². The van der Waals surface area contributed by atoms with Crippen molar-refractivity contribution in [3.63, 3.8) is 0 Å². The third-order valence-corrected chi connectivity index (χ3v) is 5.06. The van der Waals surface area contributed by atoms with Gasteiger partial charge in [-0.1, -0.05) is 6.07 Å². The lowest BCUT2D eigenvalue weighted by Gasteiger charge is -2.08. The Morgan fingerprint density at radius 3 is 2.55 bits per heavy atom. The number of nitrogens with zero attached hydrogens (tertiary/aromatic N) is 4. The number of carbonyl (C=O) groups is 2. The number of amides is 1. The lowest BCUT2D eigenvalue weighted by molar-refractivity contribution is -0.387. The fraction of sp³-hybridized carbons (Fsp3) is 0.158. The molecule has 0 aliphatic heterocycles. The smallest absolute Gasteiger partial charge is 0.284 e. The summed E-state index contributed by atoms with van der Waals surface area (Å²) >= 11 is 1.11. The summed E-state index contributed by atoms with van der Waals surface area (Å²) in [6, 6.07) is 11.5. The fourth-order valence-corrected chi connectivity index (χ4v) is 3.68. The van der Waals surface area contributed by atoms with Crippen molar-refractivity contribution in [1.29, 1.82) is 0 Å².